The van der Waals surface area contributed by atoms with Gasteiger partial charge >= 0.3 is 0 Å². The Morgan fingerprint density at radius 1 is 1.36 bits per heavy atom. The van der Waals surface area contributed by atoms with Crippen LogP contribution in [0.2, 0.25) is 0 Å². The summed E-state index contributed by atoms with van der Waals surface area (Å²) in [6.07, 6.45) is 1.77. The molecule has 78 valence electrons. The molecular formula is C11H16OS2. The molecule has 0 amide bonds. The van der Waals surface area contributed by atoms with Crippen LogP contribution in [0.5, 0.6) is 0 Å². The van der Waals surface area contributed by atoms with Gasteiger partial charge in [0.05, 0.1) is 0 Å². The number of aryl methyl sites for hydroxylation is 1. The van der Waals surface area contributed by atoms with Crippen molar-refractivity contribution in [2.24, 2.45) is 0 Å². The van der Waals surface area contributed by atoms with E-state index in [1.54, 1.807) is 18.0 Å². The van der Waals surface area contributed by atoms with Gasteiger partial charge in [-0.15, -0.1) is 11.8 Å². The first kappa shape index (κ1) is 11.8. The zero-order valence-electron chi connectivity index (χ0n) is 8.82. The maximum absolute atomic E-state index is 11.5. The van der Waals surface area contributed by atoms with Gasteiger partial charge in [-0.05, 0) is 18.2 Å². The van der Waals surface area contributed by atoms with Crippen LogP contribution in [-0.2, 0) is 10.8 Å². The molecule has 1 rings (SSSR count). The predicted molar refractivity (Wildman–Crippen MR) is 66.1 cm³/mol. The average Bonchev–Trinajstić information content (AvgIpc) is 2.15. The van der Waals surface area contributed by atoms with E-state index in [1.807, 2.05) is 0 Å². The van der Waals surface area contributed by atoms with E-state index in [0.717, 1.165) is 5.75 Å². The van der Waals surface area contributed by atoms with Crippen LogP contribution in [0.25, 0.3) is 0 Å². The lowest BCUT2D eigenvalue weighted by molar-refractivity contribution is 0.685. The zero-order valence-corrected chi connectivity index (χ0v) is 10.5. The molecule has 0 bridgehead atoms. The Bertz CT molecular complexity index is 306. The molecular weight excluding hydrogens is 212 g/mol. The van der Waals surface area contributed by atoms with Crippen LogP contribution in [0.4, 0.5) is 0 Å². The number of hydrogen-bond acceptors (Lipinski definition) is 2. The third kappa shape index (κ3) is 3.14. The minimum Gasteiger partial charge on any atom is -0.258 e. The van der Waals surface area contributed by atoms with E-state index >= 15 is 0 Å². The van der Waals surface area contributed by atoms with Crippen molar-refractivity contribution in [3.8, 4) is 0 Å². The number of benzene rings is 1. The van der Waals surface area contributed by atoms with Crippen LogP contribution < -0.4 is 0 Å². The van der Waals surface area contributed by atoms with Crippen LogP contribution in [-0.4, -0.2) is 16.2 Å². The highest BCUT2D eigenvalue weighted by molar-refractivity contribution is 8.10. The fourth-order valence-corrected chi connectivity index (χ4v) is 3.63. The fraction of sp³-hybridized carbons (Fsp3) is 0.455. The smallest absolute Gasteiger partial charge is 0.105 e. The van der Waals surface area contributed by atoms with Crippen LogP contribution >= 0.6 is 11.8 Å². The van der Waals surface area contributed by atoms with Crippen LogP contribution in [0.15, 0.2) is 24.3 Å². The molecule has 3 heteroatoms. The molecule has 0 saturated heterocycles. The van der Waals surface area contributed by atoms with E-state index in [9.17, 15) is 4.21 Å². The molecule has 0 saturated carbocycles. The minimum atomic E-state index is -0.798. The van der Waals surface area contributed by atoms with Gasteiger partial charge in [-0.3, -0.25) is 4.21 Å². The first-order chi connectivity index (χ1) is 6.65. The maximum Gasteiger partial charge on any atom is 0.105 e. The molecule has 0 aliphatic carbocycles. The van der Waals surface area contributed by atoms with Crippen molar-refractivity contribution < 1.29 is 4.21 Å². The number of thioether (sulfide) groups is 1. The Kier molecular flexibility index (Phi) is 4.69. The van der Waals surface area contributed by atoms with Crippen LogP contribution in [0.1, 0.15) is 22.6 Å². The Morgan fingerprint density at radius 2 is 1.93 bits per heavy atom. The van der Waals surface area contributed by atoms with E-state index in [1.165, 1.54) is 11.1 Å². The third-order valence-corrected chi connectivity index (χ3v) is 4.97. The van der Waals surface area contributed by atoms with Gasteiger partial charge in [-0.2, -0.15) is 0 Å². The molecule has 0 aliphatic rings. The Labute approximate surface area is 92.8 Å². The van der Waals surface area contributed by atoms with E-state index in [-0.39, 0.29) is 4.58 Å². The van der Waals surface area contributed by atoms with Crippen molar-refractivity contribution in [2.75, 3.05) is 12.0 Å². The first-order valence-corrected chi connectivity index (χ1v) is 7.32. The number of rotatable bonds is 4. The molecule has 0 radical (unpaired) electrons. The summed E-state index contributed by atoms with van der Waals surface area (Å²) in [4.78, 5) is 0. The normalized spacial score (nSPS) is 15.1. The maximum atomic E-state index is 11.5. The van der Waals surface area contributed by atoms with Crippen molar-refractivity contribution in [1.29, 1.82) is 0 Å². The molecule has 0 fully saturated rings. The van der Waals surface area contributed by atoms with Crippen LogP contribution in [0, 0.1) is 6.92 Å². The zero-order chi connectivity index (χ0) is 10.6. The van der Waals surface area contributed by atoms with Gasteiger partial charge in [0.25, 0.3) is 0 Å². The molecule has 1 aromatic rings. The molecule has 0 aliphatic heterocycles. The molecule has 2 atom stereocenters. The van der Waals surface area contributed by atoms with E-state index in [4.69, 9.17) is 0 Å². The number of hydrogen-bond donors (Lipinski definition) is 0. The second kappa shape index (κ2) is 5.56. The summed E-state index contributed by atoms with van der Waals surface area (Å²) in [5, 5.41) is 0. The molecule has 14 heavy (non-hydrogen) atoms. The first-order valence-electron chi connectivity index (χ1n) is 4.65. The lowest BCUT2D eigenvalue weighted by Crippen LogP contribution is -2.01. The second-order valence-electron chi connectivity index (χ2n) is 3.20. The molecule has 1 nitrogen and oxygen atoms in total. The lowest BCUT2D eigenvalue weighted by atomic mass is 10.2. The predicted octanol–water partition coefficient (Wildman–Crippen LogP) is 3.13. The van der Waals surface area contributed by atoms with Gasteiger partial charge in [0.15, 0.2) is 0 Å². The van der Waals surface area contributed by atoms with Gasteiger partial charge in [0, 0.05) is 17.1 Å². The largest absolute Gasteiger partial charge is 0.258 e. The van der Waals surface area contributed by atoms with Crippen molar-refractivity contribution >= 4 is 22.6 Å². The van der Waals surface area contributed by atoms with Crippen LogP contribution in [0.3, 0.4) is 0 Å². The molecule has 0 heterocycles. The van der Waals surface area contributed by atoms with Gasteiger partial charge in [0.1, 0.15) is 4.58 Å². The topological polar surface area (TPSA) is 17.1 Å². The minimum absolute atomic E-state index is 0.126. The van der Waals surface area contributed by atoms with E-state index < -0.39 is 10.8 Å². The van der Waals surface area contributed by atoms with Crippen molar-refractivity contribution in [1.82, 2.24) is 0 Å². The monoisotopic (exact) mass is 228 g/mol. The Balaban J connectivity index is 2.87. The van der Waals surface area contributed by atoms with Crippen molar-refractivity contribution in [3.63, 3.8) is 0 Å². The lowest BCUT2D eigenvalue weighted by Gasteiger charge is -2.13. The summed E-state index contributed by atoms with van der Waals surface area (Å²) in [5.41, 5.74) is 2.42. The van der Waals surface area contributed by atoms with E-state index in [2.05, 4.69) is 38.1 Å². The van der Waals surface area contributed by atoms with Crippen molar-refractivity contribution in [3.05, 3.63) is 35.4 Å². The van der Waals surface area contributed by atoms with E-state index in [0.29, 0.717) is 0 Å². The summed E-state index contributed by atoms with van der Waals surface area (Å²) >= 11 is 1.74. The summed E-state index contributed by atoms with van der Waals surface area (Å²) in [6, 6.07) is 8.30. The quantitative estimate of drug-likeness (QED) is 0.787. The Hall–Kier alpha value is -0.280. The van der Waals surface area contributed by atoms with Gasteiger partial charge in [-0.25, -0.2) is 0 Å². The van der Waals surface area contributed by atoms with Crippen molar-refractivity contribution in [2.45, 2.75) is 18.4 Å². The second-order valence-corrected chi connectivity index (χ2v) is 6.35. The van der Waals surface area contributed by atoms with Gasteiger partial charge in [0.2, 0.25) is 0 Å². The fourth-order valence-electron chi connectivity index (χ4n) is 1.26. The molecule has 2 unspecified atom stereocenters. The summed E-state index contributed by atoms with van der Waals surface area (Å²) < 4.78 is 11.6. The Morgan fingerprint density at radius 3 is 2.36 bits per heavy atom. The SMILES string of the molecule is CCSC(c1ccc(C)cc1)S(C)=O. The molecule has 0 spiro atoms. The summed E-state index contributed by atoms with van der Waals surface area (Å²) in [6.45, 7) is 4.16. The standard InChI is InChI=1S/C11H16OS2/c1-4-13-11(14(3)12)10-7-5-9(2)6-8-10/h5-8,11H,4H2,1-3H3. The average molecular weight is 228 g/mol. The molecule has 0 aromatic heterocycles. The highest BCUT2D eigenvalue weighted by atomic mass is 32.2. The summed E-state index contributed by atoms with van der Waals surface area (Å²) in [7, 11) is -0.798. The van der Waals surface area contributed by atoms with Gasteiger partial charge < -0.3 is 0 Å². The van der Waals surface area contributed by atoms with Gasteiger partial charge in [-0.1, -0.05) is 36.8 Å². The molecule has 0 N–H and O–H groups in total. The third-order valence-electron chi connectivity index (χ3n) is 1.97. The highest BCUT2D eigenvalue weighted by Gasteiger charge is 2.14. The molecule has 1 aromatic carbocycles. The summed E-state index contributed by atoms with van der Waals surface area (Å²) in [5.74, 6) is 0.998. The highest BCUT2D eigenvalue weighted by Crippen LogP contribution is 2.31.